The molecule has 0 saturated heterocycles. The van der Waals surface area contributed by atoms with Gasteiger partial charge in [-0.25, -0.2) is 5.10 Å². The molecular formula is C7H9BF3KN4. The van der Waals surface area contributed by atoms with Crippen LogP contribution >= 0.6 is 0 Å². The molecule has 1 aromatic rings. The van der Waals surface area contributed by atoms with Gasteiger partial charge >= 0.3 is 58.4 Å². The van der Waals surface area contributed by atoms with Crippen LogP contribution < -0.4 is 56.3 Å². The molecule has 82 valence electrons. The maximum Gasteiger partial charge on any atom is 1.00 e. The number of rotatable bonds is 2. The van der Waals surface area contributed by atoms with Crippen LogP contribution in [-0.2, 0) is 0 Å². The van der Waals surface area contributed by atoms with Crippen LogP contribution in [0.25, 0.3) is 0 Å². The van der Waals surface area contributed by atoms with Gasteiger partial charge in [0.05, 0.1) is 0 Å². The van der Waals surface area contributed by atoms with Crippen LogP contribution in [0.1, 0.15) is 6.42 Å². The normalized spacial score (nSPS) is 16.7. The minimum atomic E-state index is -4.82. The molecule has 1 aromatic heterocycles. The first-order chi connectivity index (χ1) is 7.07. The SMILES string of the molecule is F[B-](F)(F)C1=CCN(c2ncn[nH]2)CC1.[K+]. The van der Waals surface area contributed by atoms with Gasteiger partial charge in [-0.05, 0) is 6.42 Å². The smallest absolute Gasteiger partial charge is 0.445 e. The number of hydrogen-bond acceptors (Lipinski definition) is 3. The van der Waals surface area contributed by atoms with E-state index in [0.717, 1.165) is 0 Å². The largest absolute Gasteiger partial charge is 1.00 e. The number of halogens is 3. The second-order valence-corrected chi connectivity index (χ2v) is 3.36. The average molecular weight is 256 g/mol. The Labute approximate surface area is 133 Å². The molecule has 0 unspecified atom stereocenters. The average Bonchev–Trinajstić information content (AvgIpc) is 2.69. The fourth-order valence-electron chi connectivity index (χ4n) is 1.53. The summed E-state index contributed by atoms with van der Waals surface area (Å²) in [6, 6.07) is 0. The second kappa shape index (κ2) is 5.67. The van der Waals surface area contributed by atoms with Gasteiger partial charge in [-0.15, -0.1) is 5.47 Å². The van der Waals surface area contributed by atoms with Crippen LogP contribution in [-0.4, -0.2) is 35.2 Å². The molecule has 0 atom stereocenters. The summed E-state index contributed by atoms with van der Waals surface area (Å²) in [6.45, 7) is -4.27. The van der Waals surface area contributed by atoms with Gasteiger partial charge in [0.1, 0.15) is 6.33 Å². The van der Waals surface area contributed by atoms with Gasteiger partial charge in [0.25, 0.3) is 0 Å². The summed E-state index contributed by atoms with van der Waals surface area (Å²) in [6.07, 6.45) is 2.57. The van der Waals surface area contributed by atoms with Crippen molar-refractivity contribution in [1.29, 1.82) is 0 Å². The van der Waals surface area contributed by atoms with E-state index in [2.05, 4.69) is 15.2 Å². The van der Waals surface area contributed by atoms with Crippen molar-refractivity contribution < 1.29 is 64.3 Å². The van der Waals surface area contributed by atoms with Crippen molar-refractivity contribution in [2.45, 2.75) is 6.42 Å². The monoisotopic (exact) mass is 256 g/mol. The number of nitrogens with one attached hydrogen (secondary N) is 1. The Hall–Kier alpha value is 0.171. The van der Waals surface area contributed by atoms with E-state index in [-0.39, 0.29) is 64.4 Å². The molecule has 1 aliphatic heterocycles. The van der Waals surface area contributed by atoms with E-state index in [4.69, 9.17) is 0 Å². The maximum absolute atomic E-state index is 12.4. The van der Waals surface area contributed by atoms with Crippen molar-refractivity contribution in [3.8, 4) is 0 Å². The topological polar surface area (TPSA) is 44.8 Å². The van der Waals surface area contributed by atoms with Crippen molar-refractivity contribution in [3.63, 3.8) is 0 Å². The summed E-state index contributed by atoms with van der Waals surface area (Å²) in [7, 11) is 0. The van der Waals surface area contributed by atoms with Gasteiger partial charge in [0.2, 0.25) is 5.95 Å². The molecular weight excluding hydrogens is 247 g/mol. The first-order valence-corrected chi connectivity index (χ1v) is 4.56. The van der Waals surface area contributed by atoms with E-state index < -0.39 is 12.4 Å². The van der Waals surface area contributed by atoms with Gasteiger partial charge < -0.3 is 17.8 Å². The predicted molar refractivity (Wildman–Crippen MR) is 50.4 cm³/mol. The Morgan fingerprint density at radius 2 is 2.12 bits per heavy atom. The molecule has 0 bridgehead atoms. The third kappa shape index (κ3) is 3.33. The minimum absolute atomic E-state index is 0. The molecule has 0 radical (unpaired) electrons. The molecule has 4 nitrogen and oxygen atoms in total. The van der Waals surface area contributed by atoms with Crippen molar-refractivity contribution in [2.75, 3.05) is 18.0 Å². The molecule has 16 heavy (non-hydrogen) atoms. The van der Waals surface area contributed by atoms with E-state index in [1.54, 1.807) is 4.90 Å². The third-order valence-electron chi connectivity index (χ3n) is 2.37. The van der Waals surface area contributed by atoms with Crippen LogP contribution in [0.3, 0.4) is 0 Å². The predicted octanol–water partition coefficient (Wildman–Crippen LogP) is -1.67. The summed E-state index contributed by atoms with van der Waals surface area (Å²) in [5, 5.41) is 6.27. The van der Waals surface area contributed by atoms with E-state index in [0.29, 0.717) is 12.5 Å². The van der Waals surface area contributed by atoms with Crippen LogP contribution in [0.5, 0.6) is 0 Å². The van der Waals surface area contributed by atoms with Crippen molar-refractivity contribution >= 4 is 12.9 Å². The zero-order valence-corrected chi connectivity index (χ0v) is 12.0. The van der Waals surface area contributed by atoms with E-state index in [1.165, 1.54) is 12.4 Å². The Balaban J connectivity index is 0.00000128. The number of aromatic amines is 1. The van der Waals surface area contributed by atoms with Crippen LogP contribution in [0, 0.1) is 0 Å². The van der Waals surface area contributed by atoms with Gasteiger partial charge in [0, 0.05) is 13.1 Å². The quantitative estimate of drug-likeness (QED) is 0.644. The van der Waals surface area contributed by atoms with Crippen molar-refractivity contribution in [1.82, 2.24) is 15.2 Å². The Kier molecular flexibility index (Phi) is 5.05. The summed E-state index contributed by atoms with van der Waals surface area (Å²) >= 11 is 0. The van der Waals surface area contributed by atoms with Crippen LogP contribution in [0.15, 0.2) is 17.9 Å². The fourth-order valence-corrected chi connectivity index (χ4v) is 1.53. The summed E-state index contributed by atoms with van der Waals surface area (Å²) < 4.78 is 37.1. The maximum atomic E-state index is 12.4. The summed E-state index contributed by atoms with van der Waals surface area (Å²) in [4.78, 5) is 5.60. The number of nitrogens with zero attached hydrogens (tertiary/aromatic N) is 3. The molecule has 0 amide bonds. The van der Waals surface area contributed by atoms with Crippen molar-refractivity contribution in [3.05, 3.63) is 17.9 Å². The molecule has 0 spiro atoms. The van der Waals surface area contributed by atoms with E-state index in [9.17, 15) is 12.9 Å². The van der Waals surface area contributed by atoms with Crippen molar-refractivity contribution in [2.24, 2.45) is 0 Å². The first-order valence-electron chi connectivity index (χ1n) is 4.56. The molecule has 0 saturated carbocycles. The summed E-state index contributed by atoms with van der Waals surface area (Å²) in [5.74, 6) is 0.514. The Bertz CT molecular complexity index is 364. The molecule has 1 aliphatic rings. The van der Waals surface area contributed by atoms with Crippen LogP contribution in [0.2, 0.25) is 0 Å². The second-order valence-electron chi connectivity index (χ2n) is 3.36. The molecule has 0 aromatic carbocycles. The standard InChI is InChI=1S/C7H9BF3N4.K/c9-8(10,11)6-1-3-15(4-2-6)7-12-5-13-14-7;/h1,5H,2-4H2,(H,12,13,14);/q-1;+1. The minimum Gasteiger partial charge on any atom is -0.445 e. The van der Waals surface area contributed by atoms with Gasteiger partial charge in [-0.2, -0.15) is 10.1 Å². The van der Waals surface area contributed by atoms with Gasteiger partial charge in [0.15, 0.2) is 0 Å². The zero-order chi connectivity index (χ0) is 10.9. The molecule has 0 fully saturated rings. The molecule has 1 N–H and O–H groups in total. The number of anilines is 1. The van der Waals surface area contributed by atoms with Gasteiger partial charge in [-0.1, -0.05) is 6.08 Å². The number of aromatic nitrogens is 3. The Morgan fingerprint density at radius 1 is 1.38 bits per heavy atom. The van der Waals surface area contributed by atoms with Gasteiger partial charge in [-0.3, -0.25) is 0 Å². The Morgan fingerprint density at radius 3 is 2.56 bits per heavy atom. The van der Waals surface area contributed by atoms with E-state index >= 15 is 0 Å². The number of H-pyrrole nitrogens is 1. The van der Waals surface area contributed by atoms with E-state index in [1.807, 2.05) is 0 Å². The third-order valence-corrected chi connectivity index (χ3v) is 2.37. The molecule has 2 heterocycles. The fraction of sp³-hybridized carbons (Fsp3) is 0.429. The molecule has 2 rings (SSSR count). The molecule has 0 aliphatic carbocycles. The number of hydrogen-bond donors (Lipinski definition) is 1. The zero-order valence-electron chi connectivity index (χ0n) is 8.83. The summed E-state index contributed by atoms with van der Waals surface area (Å²) in [5.41, 5.74) is -0.397. The first kappa shape index (κ1) is 14.2. The molecule has 9 heteroatoms. The van der Waals surface area contributed by atoms with Crippen LogP contribution in [0.4, 0.5) is 18.9 Å².